The van der Waals surface area contributed by atoms with Gasteiger partial charge in [0, 0.05) is 5.56 Å². The zero-order valence-electron chi connectivity index (χ0n) is 11.4. The van der Waals surface area contributed by atoms with Crippen LogP contribution in [0.4, 0.5) is 17.6 Å². The van der Waals surface area contributed by atoms with Crippen LogP contribution < -0.4 is 0 Å². The summed E-state index contributed by atoms with van der Waals surface area (Å²) in [7, 11) is 0. The molecule has 0 N–H and O–H groups in total. The highest BCUT2D eigenvalue weighted by Gasteiger charge is 2.38. The molecule has 0 bridgehead atoms. The molecule has 0 spiro atoms. The minimum absolute atomic E-state index is 0.0411. The molecule has 1 aromatic carbocycles. The molecule has 23 heavy (non-hydrogen) atoms. The molecule has 2 heterocycles. The van der Waals surface area contributed by atoms with Gasteiger partial charge in [-0.25, -0.2) is 9.45 Å². The zero-order chi connectivity index (χ0) is 16.6. The quantitative estimate of drug-likeness (QED) is 0.792. The maximum absolute atomic E-state index is 14.1. The Bertz CT molecular complexity index is 738. The molecule has 3 rings (SSSR count). The summed E-state index contributed by atoms with van der Waals surface area (Å²) in [6, 6.07) is 3.24. The molecule has 1 aliphatic rings. The summed E-state index contributed by atoms with van der Waals surface area (Å²) in [5, 5.41) is 4.19. The van der Waals surface area contributed by atoms with E-state index in [9.17, 15) is 22.4 Å². The van der Waals surface area contributed by atoms with Gasteiger partial charge in [-0.15, -0.1) is 0 Å². The fourth-order valence-electron chi connectivity index (χ4n) is 2.03. The number of carbonyl (C=O) groups is 1. The molecular weight excluding hydrogens is 322 g/mol. The number of benzene rings is 1. The van der Waals surface area contributed by atoms with Crippen molar-refractivity contribution in [2.75, 3.05) is 13.2 Å². The minimum atomic E-state index is -4.78. The number of halogens is 4. The summed E-state index contributed by atoms with van der Waals surface area (Å²) in [6.07, 6.45) is -4.14. The first-order valence-electron chi connectivity index (χ1n) is 6.52. The van der Waals surface area contributed by atoms with Crippen LogP contribution in [0.2, 0.25) is 0 Å². The predicted octanol–water partition coefficient (Wildman–Crippen LogP) is 2.67. The van der Waals surface area contributed by atoms with Crippen LogP contribution in [0.15, 0.2) is 22.7 Å². The van der Waals surface area contributed by atoms with E-state index < -0.39 is 29.6 Å². The molecule has 0 atom stereocenters. The van der Waals surface area contributed by atoms with Crippen molar-refractivity contribution in [2.45, 2.75) is 12.6 Å². The van der Waals surface area contributed by atoms with Crippen LogP contribution in [0.1, 0.15) is 22.7 Å². The maximum atomic E-state index is 14.1. The first-order chi connectivity index (χ1) is 10.9. The van der Waals surface area contributed by atoms with Gasteiger partial charge in [0.15, 0.2) is 0 Å². The van der Waals surface area contributed by atoms with E-state index in [1.165, 1.54) is 6.07 Å². The number of alkyl halides is 3. The molecular formula is C13H9F4N3O3. The van der Waals surface area contributed by atoms with Gasteiger partial charge in [-0.3, -0.25) is 9.63 Å². The Balaban J connectivity index is 1.87. The number of hydroxylamine groups is 2. The van der Waals surface area contributed by atoms with Crippen LogP contribution in [0.25, 0.3) is 11.4 Å². The largest absolute Gasteiger partial charge is 0.471 e. The molecule has 1 aromatic heterocycles. The second-order valence-electron chi connectivity index (χ2n) is 4.71. The molecule has 2 aromatic rings. The molecule has 1 saturated heterocycles. The summed E-state index contributed by atoms with van der Waals surface area (Å²) in [5.74, 6) is -3.52. The highest BCUT2D eigenvalue weighted by atomic mass is 19.4. The van der Waals surface area contributed by atoms with Gasteiger partial charge in [-0.1, -0.05) is 11.2 Å². The van der Waals surface area contributed by atoms with E-state index in [4.69, 9.17) is 4.84 Å². The van der Waals surface area contributed by atoms with Crippen molar-refractivity contribution in [1.82, 2.24) is 15.2 Å². The van der Waals surface area contributed by atoms with Crippen LogP contribution in [-0.2, 0) is 11.0 Å². The fourth-order valence-corrected chi connectivity index (χ4v) is 2.03. The lowest BCUT2D eigenvalue weighted by Crippen LogP contribution is -2.27. The van der Waals surface area contributed by atoms with Crippen molar-refractivity contribution in [3.05, 3.63) is 35.5 Å². The van der Waals surface area contributed by atoms with Crippen molar-refractivity contribution >= 4 is 5.91 Å². The van der Waals surface area contributed by atoms with Gasteiger partial charge in [0.25, 0.3) is 5.91 Å². The Kier molecular flexibility index (Phi) is 3.76. The molecule has 0 radical (unpaired) electrons. The van der Waals surface area contributed by atoms with Crippen molar-refractivity contribution < 1.29 is 31.7 Å². The number of hydrogen-bond acceptors (Lipinski definition) is 5. The standard InChI is InChI=1S/C13H9F4N3O3/c14-9-6-7(10-18-12(23-19-10)13(15,16)17)2-3-8(9)11(21)20-4-1-5-22-20/h2-3,6H,1,4-5H2. The van der Waals surface area contributed by atoms with E-state index in [1.807, 2.05) is 0 Å². The summed E-state index contributed by atoms with van der Waals surface area (Å²) in [5.41, 5.74) is -0.296. The molecule has 1 fully saturated rings. The average molecular weight is 331 g/mol. The molecule has 0 unspecified atom stereocenters. The van der Waals surface area contributed by atoms with Crippen LogP contribution in [0.3, 0.4) is 0 Å². The fraction of sp³-hybridized carbons (Fsp3) is 0.308. The van der Waals surface area contributed by atoms with Gasteiger partial charge >= 0.3 is 12.1 Å². The highest BCUT2D eigenvalue weighted by molar-refractivity contribution is 5.94. The molecule has 1 aliphatic heterocycles. The zero-order valence-corrected chi connectivity index (χ0v) is 11.4. The second kappa shape index (κ2) is 5.61. The smallest absolute Gasteiger partial charge is 0.329 e. The van der Waals surface area contributed by atoms with E-state index >= 15 is 0 Å². The van der Waals surface area contributed by atoms with Crippen molar-refractivity contribution in [3.63, 3.8) is 0 Å². The van der Waals surface area contributed by atoms with E-state index in [2.05, 4.69) is 14.7 Å². The van der Waals surface area contributed by atoms with Gasteiger partial charge in [-0.2, -0.15) is 18.2 Å². The predicted molar refractivity (Wildman–Crippen MR) is 66.3 cm³/mol. The molecule has 0 aliphatic carbocycles. The number of carbonyl (C=O) groups excluding carboxylic acids is 1. The first kappa shape index (κ1) is 15.4. The lowest BCUT2D eigenvalue weighted by Gasteiger charge is -2.14. The van der Waals surface area contributed by atoms with E-state index in [0.29, 0.717) is 19.6 Å². The molecule has 0 saturated carbocycles. The summed E-state index contributed by atoms with van der Waals surface area (Å²) >= 11 is 0. The number of hydrogen-bond donors (Lipinski definition) is 0. The van der Waals surface area contributed by atoms with E-state index in [1.54, 1.807) is 0 Å². The maximum Gasteiger partial charge on any atom is 0.471 e. The van der Waals surface area contributed by atoms with Gasteiger partial charge < -0.3 is 4.52 Å². The third kappa shape index (κ3) is 3.02. The van der Waals surface area contributed by atoms with E-state index in [-0.39, 0.29) is 11.1 Å². The number of aromatic nitrogens is 2. The average Bonchev–Trinajstić information content (AvgIpc) is 3.17. The Labute approximate surface area is 126 Å². The molecule has 122 valence electrons. The van der Waals surface area contributed by atoms with E-state index in [0.717, 1.165) is 17.2 Å². The first-order valence-corrected chi connectivity index (χ1v) is 6.52. The Morgan fingerprint density at radius 2 is 2.09 bits per heavy atom. The minimum Gasteiger partial charge on any atom is -0.329 e. The molecule has 1 amide bonds. The Morgan fingerprint density at radius 3 is 2.65 bits per heavy atom. The summed E-state index contributed by atoms with van der Waals surface area (Å²) < 4.78 is 55.4. The van der Waals surface area contributed by atoms with Crippen molar-refractivity contribution in [3.8, 4) is 11.4 Å². The van der Waals surface area contributed by atoms with Gasteiger partial charge in [-0.05, 0) is 18.6 Å². The topological polar surface area (TPSA) is 68.5 Å². The lowest BCUT2D eigenvalue weighted by molar-refractivity contribution is -0.159. The Morgan fingerprint density at radius 1 is 1.30 bits per heavy atom. The van der Waals surface area contributed by atoms with Crippen LogP contribution in [0.5, 0.6) is 0 Å². The van der Waals surface area contributed by atoms with Crippen LogP contribution in [0, 0.1) is 5.82 Å². The monoisotopic (exact) mass is 331 g/mol. The highest BCUT2D eigenvalue weighted by Crippen LogP contribution is 2.29. The number of rotatable bonds is 2. The van der Waals surface area contributed by atoms with Gasteiger partial charge in [0.2, 0.25) is 5.82 Å². The molecule has 6 nitrogen and oxygen atoms in total. The Hall–Kier alpha value is -2.49. The second-order valence-corrected chi connectivity index (χ2v) is 4.71. The van der Waals surface area contributed by atoms with Gasteiger partial charge in [0.1, 0.15) is 5.82 Å². The third-order valence-corrected chi connectivity index (χ3v) is 3.11. The SMILES string of the molecule is O=C(c1ccc(-c2noc(C(F)(F)F)n2)cc1F)N1CCCO1. The normalized spacial score (nSPS) is 15.2. The van der Waals surface area contributed by atoms with Crippen LogP contribution >= 0.6 is 0 Å². The number of amides is 1. The lowest BCUT2D eigenvalue weighted by atomic mass is 10.1. The van der Waals surface area contributed by atoms with Crippen molar-refractivity contribution in [1.29, 1.82) is 0 Å². The third-order valence-electron chi connectivity index (χ3n) is 3.11. The summed E-state index contributed by atoms with van der Waals surface area (Å²) in [6.45, 7) is 0.717. The van der Waals surface area contributed by atoms with Gasteiger partial charge in [0.05, 0.1) is 18.7 Å². The summed E-state index contributed by atoms with van der Waals surface area (Å²) in [4.78, 5) is 20.2. The van der Waals surface area contributed by atoms with Crippen LogP contribution in [-0.4, -0.2) is 34.3 Å². The number of nitrogens with zero attached hydrogens (tertiary/aromatic N) is 3. The van der Waals surface area contributed by atoms with Crippen molar-refractivity contribution in [2.24, 2.45) is 0 Å². The molecule has 10 heteroatoms.